The van der Waals surface area contributed by atoms with Gasteiger partial charge < -0.3 is 5.32 Å². The van der Waals surface area contributed by atoms with Crippen molar-refractivity contribution in [1.29, 1.82) is 0 Å². The second-order valence-electron chi connectivity index (χ2n) is 4.26. The van der Waals surface area contributed by atoms with Gasteiger partial charge in [0.25, 0.3) is 0 Å². The van der Waals surface area contributed by atoms with Gasteiger partial charge in [0, 0.05) is 12.4 Å². The molecule has 0 radical (unpaired) electrons. The molecule has 20 heavy (non-hydrogen) atoms. The summed E-state index contributed by atoms with van der Waals surface area (Å²) in [6, 6.07) is 11.3. The molecule has 0 saturated carbocycles. The van der Waals surface area contributed by atoms with Crippen LogP contribution in [0.25, 0.3) is 22.3 Å². The molecular weight excluding hydrogens is 260 g/mol. The van der Waals surface area contributed by atoms with Crippen molar-refractivity contribution in [3.05, 3.63) is 54.1 Å². The average Bonchev–Trinajstić information content (AvgIpc) is 2.49. The van der Waals surface area contributed by atoms with Gasteiger partial charge in [-0.1, -0.05) is 18.2 Å². The van der Waals surface area contributed by atoms with E-state index in [1.165, 1.54) is 12.1 Å². The standard InChI is InChI=1S/C15H11F2N3/c1-18-14-9-5-2-3-8-12(9)19-15(20-14)10-6-4-7-11(16)13(10)17/h2-8H,1H3,(H,18,19,20). The quantitative estimate of drug-likeness (QED) is 0.773. The Labute approximate surface area is 114 Å². The fourth-order valence-corrected chi connectivity index (χ4v) is 2.06. The minimum atomic E-state index is -0.940. The smallest absolute Gasteiger partial charge is 0.169 e. The first kappa shape index (κ1) is 12.5. The molecule has 0 spiro atoms. The number of nitrogens with zero attached hydrogens (tertiary/aromatic N) is 2. The van der Waals surface area contributed by atoms with Crippen LogP contribution in [0, 0.1) is 11.6 Å². The van der Waals surface area contributed by atoms with Gasteiger partial charge in [0.05, 0.1) is 11.1 Å². The van der Waals surface area contributed by atoms with E-state index in [4.69, 9.17) is 0 Å². The zero-order chi connectivity index (χ0) is 14.1. The predicted octanol–water partition coefficient (Wildman–Crippen LogP) is 3.62. The number of hydrogen-bond donors (Lipinski definition) is 1. The van der Waals surface area contributed by atoms with E-state index >= 15 is 0 Å². The number of anilines is 1. The van der Waals surface area contributed by atoms with Gasteiger partial charge in [-0.3, -0.25) is 0 Å². The fourth-order valence-electron chi connectivity index (χ4n) is 2.06. The van der Waals surface area contributed by atoms with Gasteiger partial charge in [-0.15, -0.1) is 0 Å². The third-order valence-corrected chi connectivity index (χ3v) is 3.03. The summed E-state index contributed by atoms with van der Waals surface area (Å²) in [6.07, 6.45) is 0. The predicted molar refractivity (Wildman–Crippen MR) is 74.4 cm³/mol. The Morgan fingerprint density at radius 1 is 0.950 bits per heavy atom. The number of benzene rings is 2. The van der Waals surface area contributed by atoms with Gasteiger partial charge in [-0.25, -0.2) is 18.7 Å². The number of aromatic nitrogens is 2. The summed E-state index contributed by atoms with van der Waals surface area (Å²) in [6.45, 7) is 0. The van der Waals surface area contributed by atoms with Crippen LogP contribution < -0.4 is 5.32 Å². The molecule has 1 N–H and O–H groups in total. The third-order valence-electron chi connectivity index (χ3n) is 3.03. The third kappa shape index (κ3) is 1.97. The number of fused-ring (bicyclic) bond motifs is 1. The Morgan fingerprint density at radius 3 is 2.55 bits per heavy atom. The lowest BCUT2D eigenvalue weighted by Gasteiger charge is -2.08. The minimum absolute atomic E-state index is 0.0484. The highest BCUT2D eigenvalue weighted by Crippen LogP contribution is 2.26. The van der Waals surface area contributed by atoms with Crippen LogP contribution in [0.15, 0.2) is 42.5 Å². The first-order chi connectivity index (χ1) is 9.70. The van der Waals surface area contributed by atoms with Crippen molar-refractivity contribution < 1.29 is 8.78 Å². The van der Waals surface area contributed by atoms with Crippen LogP contribution in [0.5, 0.6) is 0 Å². The van der Waals surface area contributed by atoms with E-state index in [9.17, 15) is 8.78 Å². The van der Waals surface area contributed by atoms with Crippen molar-refractivity contribution in [3.63, 3.8) is 0 Å². The average molecular weight is 271 g/mol. The molecule has 3 nitrogen and oxygen atoms in total. The van der Waals surface area contributed by atoms with Crippen LogP contribution in [0.4, 0.5) is 14.6 Å². The van der Waals surface area contributed by atoms with Crippen LogP contribution in [-0.4, -0.2) is 17.0 Å². The van der Waals surface area contributed by atoms with E-state index in [-0.39, 0.29) is 11.4 Å². The molecule has 0 fully saturated rings. The topological polar surface area (TPSA) is 37.8 Å². The monoisotopic (exact) mass is 271 g/mol. The van der Waals surface area contributed by atoms with E-state index < -0.39 is 11.6 Å². The molecule has 0 aliphatic carbocycles. The normalized spacial score (nSPS) is 10.8. The van der Waals surface area contributed by atoms with Crippen LogP contribution in [0.2, 0.25) is 0 Å². The Morgan fingerprint density at radius 2 is 1.75 bits per heavy atom. The maximum Gasteiger partial charge on any atom is 0.169 e. The second kappa shape index (κ2) is 4.85. The van der Waals surface area contributed by atoms with Gasteiger partial charge in [0.2, 0.25) is 0 Å². The first-order valence-electron chi connectivity index (χ1n) is 6.09. The highest BCUT2D eigenvalue weighted by molar-refractivity contribution is 5.90. The van der Waals surface area contributed by atoms with Gasteiger partial charge in [0.15, 0.2) is 17.5 Å². The number of halogens is 2. The molecule has 100 valence electrons. The lowest BCUT2D eigenvalue weighted by molar-refractivity contribution is 0.510. The maximum atomic E-state index is 13.8. The van der Waals surface area contributed by atoms with Gasteiger partial charge in [-0.05, 0) is 24.3 Å². The zero-order valence-electron chi connectivity index (χ0n) is 10.7. The molecule has 3 aromatic rings. The molecule has 0 aliphatic heterocycles. The lowest BCUT2D eigenvalue weighted by atomic mass is 10.1. The molecule has 0 atom stereocenters. The van der Waals surface area contributed by atoms with Crippen molar-refractivity contribution in [1.82, 2.24) is 9.97 Å². The van der Waals surface area contributed by atoms with Crippen LogP contribution in [0.3, 0.4) is 0 Å². The van der Waals surface area contributed by atoms with Crippen molar-refractivity contribution in [2.45, 2.75) is 0 Å². The van der Waals surface area contributed by atoms with Gasteiger partial charge in [-0.2, -0.15) is 0 Å². The zero-order valence-corrected chi connectivity index (χ0v) is 10.7. The Bertz CT molecular complexity index is 787. The Kier molecular flexibility index (Phi) is 3.02. The number of rotatable bonds is 2. The van der Waals surface area contributed by atoms with Gasteiger partial charge in [0.1, 0.15) is 5.82 Å². The minimum Gasteiger partial charge on any atom is -0.373 e. The van der Waals surface area contributed by atoms with Crippen molar-refractivity contribution in [3.8, 4) is 11.4 Å². The Hall–Kier alpha value is -2.56. The number of para-hydroxylation sites is 1. The molecule has 5 heteroatoms. The number of hydrogen-bond acceptors (Lipinski definition) is 3. The van der Waals surface area contributed by atoms with E-state index in [2.05, 4.69) is 15.3 Å². The second-order valence-corrected chi connectivity index (χ2v) is 4.26. The summed E-state index contributed by atoms with van der Waals surface area (Å²) in [4.78, 5) is 8.56. The van der Waals surface area contributed by atoms with Crippen molar-refractivity contribution in [2.24, 2.45) is 0 Å². The molecule has 0 bridgehead atoms. The summed E-state index contributed by atoms with van der Waals surface area (Å²) in [7, 11) is 1.72. The summed E-state index contributed by atoms with van der Waals surface area (Å²) in [5.74, 6) is -1.12. The van der Waals surface area contributed by atoms with Crippen molar-refractivity contribution in [2.75, 3.05) is 12.4 Å². The van der Waals surface area contributed by atoms with E-state index in [0.29, 0.717) is 11.3 Å². The highest BCUT2D eigenvalue weighted by atomic mass is 19.2. The highest BCUT2D eigenvalue weighted by Gasteiger charge is 2.14. The molecule has 0 saturated heterocycles. The van der Waals surface area contributed by atoms with Crippen LogP contribution in [-0.2, 0) is 0 Å². The molecule has 1 aromatic heterocycles. The molecular formula is C15H11F2N3. The molecule has 0 aliphatic rings. The SMILES string of the molecule is CNc1nc(-c2cccc(F)c2F)nc2ccccc12. The lowest BCUT2D eigenvalue weighted by Crippen LogP contribution is -2.00. The molecule has 2 aromatic carbocycles. The summed E-state index contributed by atoms with van der Waals surface area (Å²) < 4.78 is 27.2. The van der Waals surface area contributed by atoms with Crippen LogP contribution in [0.1, 0.15) is 0 Å². The first-order valence-corrected chi connectivity index (χ1v) is 6.09. The summed E-state index contributed by atoms with van der Waals surface area (Å²) in [5.41, 5.74) is 0.720. The molecule has 3 rings (SSSR count). The maximum absolute atomic E-state index is 13.8. The van der Waals surface area contributed by atoms with Gasteiger partial charge >= 0.3 is 0 Å². The van der Waals surface area contributed by atoms with E-state index in [0.717, 1.165) is 11.5 Å². The summed E-state index contributed by atoms with van der Waals surface area (Å²) in [5, 5.41) is 3.78. The summed E-state index contributed by atoms with van der Waals surface area (Å²) >= 11 is 0. The Balaban J connectivity index is 2.29. The largest absolute Gasteiger partial charge is 0.373 e. The fraction of sp³-hybridized carbons (Fsp3) is 0.0667. The van der Waals surface area contributed by atoms with E-state index in [1.807, 2.05) is 18.2 Å². The number of nitrogens with one attached hydrogen (secondary N) is 1. The van der Waals surface area contributed by atoms with Crippen LogP contribution >= 0.6 is 0 Å². The molecule has 0 unspecified atom stereocenters. The van der Waals surface area contributed by atoms with E-state index in [1.54, 1.807) is 13.1 Å². The molecule has 1 heterocycles. The molecule has 0 amide bonds. The van der Waals surface area contributed by atoms with Crippen molar-refractivity contribution >= 4 is 16.7 Å².